The van der Waals surface area contributed by atoms with Crippen LogP contribution in [0.4, 0.5) is 4.39 Å². The topological polar surface area (TPSA) is 45.7 Å². The molecule has 2 aromatic rings. The van der Waals surface area contributed by atoms with Crippen LogP contribution in [-0.2, 0) is 11.3 Å². The lowest BCUT2D eigenvalue weighted by atomic mass is 9.78. The van der Waals surface area contributed by atoms with Crippen molar-refractivity contribution < 1.29 is 13.9 Å². The molecule has 2 fully saturated rings. The van der Waals surface area contributed by atoms with Gasteiger partial charge in [-0.2, -0.15) is 0 Å². The average Bonchev–Trinajstić information content (AvgIpc) is 2.91. The normalized spacial score (nSPS) is 20.1. The Balaban J connectivity index is 1.40. The van der Waals surface area contributed by atoms with Crippen molar-refractivity contribution in [1.82, 2.24) is 14.8 Å². The van der Waals surface area contributed by atoms with Gasteiger partial charge >= 0.3 is 0 Å². The highest BCUT2D eigenvalue weighted by Crippen LogP contribution is 2.35. The molecule has 0 saturated carbocycles. The predicted octanol–water partition coefficient (Wildman–Crippen LogP) is 2.98. The Bertz CT molecular complexity index is 806. The molecule has 4 rings (SSSR count). The van der Waals surface area contributed by atoms with Crippen LogP contribution in [0, 0.1) is 11.2 Å². The smallest absolute Gasteiger partial charge is 0.256 e. The summed E-state index contributed by atoms with van der Waals surface area (Å²) in [6, 6.07) is 10.3. The zero-order valence-corrected chi connectivity index (χ0v) is 16.0. The van der Waals surface area contributed by atoms with Gasteiger partial charge in [0.1, 0.15) is 5.82 Å². The second-order valence-corrected chi connectivity index (χ2v) is 7.90. The van der Waals surface area contributed by atoms with Crippen molar-refractivity contribution in [2.45, 2.75) is 19.4 Å². The Morgan fingerprint density at radius 2 is 1.96 bits per heavy atom. The minimum atomic E-state index is -0.451. The molecule has 2 saturated heterocycles. The van der Waals surface area contributed by atoms with Crippen molar-refractivity contribution in [3.8, 4) is 0 Å². The molecule has 5 nitrogen and oxygen atoms in total. The number of carbonyl (C=O) groups excluding carboxylic acids is 1. The predicted molar refractivity (Wildman–Crippen MR) is 104 cm³/mol. The molecule has 2 aliphatic rings. The van der Waals surface area contributed by atoms with E-state index in [0.29, 0.717) is 13.1 Å². The van der Waals surface area contributed by atoms with E-state index in [1.807, 2.05) is 12.3 Å². The Morgan fingerprint density at radius 3 is 2.71 bits per heavy atom. The molecule has 1 aromatic heterocycles. The van der Waals surface area contributed by atoms with E-state index < -0.39 is 5.82 Å². The number of rotatable bonds is 3. The number of piperidine rings is 1. The molecule has 0 radical (unpaired) electrons. The fourth-order valence-electron chi connectivity index (χ4n) is 4.26. The number of nitrogens with zero attached hydrogens (tertiary/aromatic N) is 3. The molecule has 0 aliphatic carbocycles. The molecule has 148 valence electrons. The SMILES string of the molecule is O=C(c1ccccc1F)N1CCC2(CC1)COCCN(Cc1cccnc1)C2. The van der Waals surface area contributed by atoms with E-state index in [4.69, 9.17) is 4.74 Å². The third-order valence-corrected chi connectivity index (χ3v) is 5.86. The van der Waals surface area contributed by atoms with Crippen LogP contribution in [0.2, 0.25) is 0 Å². The minimum Gasteiger partial charge on any atom is -0.379 e. The third kappa shape index (κ3) is 4.23. The van der Waals surface area contributed by atoms with E-state index in [2.05, 4.69) is 16.0 Å². The van der Waals surface area contributed by atoms with Crippen LogP contribution in [0.1, 0.15) is 28.8 Å². The summed E-state index contributed by atoms with van der Waals surface area (Å²) in [5.41, 5.74) is 1.41. The van der Waals surface area contributed by atoms with Crippen LogP contribution in [-0.4, -0.2) is 60.1 Å². The molecule has 28 heavy (non-hydrogen) atoms. The summed E-state index contributed by atoms with van der Waals surface area (Å²) in [5, 5.41) is 0. The van der Waals surface area contributed by atoms with Crippen LogP contribution in [0.5, 0.6) is 0 Å². The van der Waals surface area contributed by atoms with Gasteiger partial charge in [-0.1, -0.05) is 18.2 Å². The first kappa shape index (κ1) is 19.0. The van der Waals surface area contributed by atoms with Crippen molar-refractivity contribution in [3.63, 3.8) is 0 Å². The molecule has 0 atom stereocenters. The van der Waals surface area contributed by atoms with Crippen LogP contribution in [0.3, 0.4) is 0 Å². The molecule has 0 bridgehead atoms. The number of amides is 1. The fourth-order valence-corrected chi connectivity index (χ4v) is 4.26. The number of ether oxygens (including phenoxy) is 1. The first-order chi connectivity index (χ1) is 13.7. The maximum atomic E-state index is 14.0. The Morgan fingerprint density at radius 1 is 1.14 bits per heavy atom. The first-order valence-electron chi connectivity index (χ1n) is 9.88. The number of likely N-dealkylation sites (tertiary alicyclic amines) is 1. The van der Waals surface area contributed by atoms with Gasteiger partial charge in [0, 0.05) is 50.5 Å². The maximum Gasteiger partial charge on any atom is 0.256 e. The Hall–Kier alpha value is -2.31. The summed E-state index contributed by atoms with van der Waals surface area (Å²) in [4.78, 5) is 21.1. The molecular weight excluding hydrogens is 357 g/mol. The molecule has 1 spiro atoms. The van der Waals surface area contributed by atoms with E-state index in [-0.39, 0.29) is 16.9 Å². The van der Waals surface area contributed by atoms with E-state index >= 15 is 0 Å². The van der Waals surface area contributed by atoms with Crippen molar-refractivity contribution in [3.05, 3.63) is 65.7 Å². The fraction of sp³-hybridized carbons (Fsp3) is 0.455. The van der Waals surface area contributed by atoms with Gasteiger partial charge in [-0.3, -0.25) is 14.7 Å². The molecular formula is C22H26FN3O2. The largest absolute Gasteiger partial charge is 0.379 e. The highest BCUT2D eigenvalue weighted by Gasteiger charge is 2.39. The van der Waals surface area contributed by atoms with Gasteiger partial charge < -0.3 is 9.64 Å². The standard InChI is InChI=1S/C22H26FN3O2/c23-20-6-2-1-5-19(20)21(27)26-10-7-22(8-11-26)16-25(12-13-28-17-22)15-18-4-3-9-24-14-18/h1-6,9,14H,7-8,10-13,15-17H2. The Labute approximate surface area is 165 Å². The molecule has 3 heterocycles. The molecule has 0 N–H and O–H groups in total. The van der Waals surface area contributed by atoms with E-state index in [1.54, 1.807) is 29.3 Å². The monoisotopic (exact) mass is 383 g/mol. The van der Waals surface area contributed by atoms with Gasteiger partial charge in [0.05, 0.1) is 18.8 Å². The number of aromatic nitrogens is 1. The van der Waals surface area contributed by atoms with Crippen molar-refractivity contribution in [1.29, 1.82) is 0 Å². The lowest BCUT2D eigenvalue weighted by molar-refractivity contribution is 0.0143. The van der Waals surface area contributed by atoms with Crippen molar-refractivity contribution >= 4 is 5.91 Å². The van der Waals surface area contributed by atoms with Gasteiger partial charge in [-0.25, -0.2) is 4.39 Å². The van der Waals surface area contributed by atoms with E-state index in [9.17, 15) is 9.18 Å². The number of hydrogen-bond acceptors (Lipinski definition) is 4. The molecule has 1 amide bonds. The van der Waals surface area contributed by atoms with Crippen LogP contribution in [0.15, 0.2) is 48.8 Å². The summed E-state index contributed by atoms with van der Waals surface area (Å²) in [7, 11) is 0. The first-order valence-corrected chi connectivity index (χ1v) is 9.88. The quantitative estimate of drug-likeness (QED) is 0.818. The van der Waals surface area contributed by atoms with Gasteiger partial charge in [-0.15, -0.1) is 0 Å². The number of benzene rings is 1. The van der Waals surface area contributed by atoms with Crippen molar-refractivity contribution in [2.75, 3.05) is 39.4 Å². The van der Waals surface area contributed by atoms with Gasteiger partial charge in [0.2, 0.25) is 0 Å². The van der Waals surface area contributed by atoms with Crippen LogP contribution < -0.4 is 0 Å². The van der Waals surface area contributed by atoms with Crippen LogP contribution >= 0.6 is 0 Å². The van der Waals surface area contributed by atoms with Gasteiger partial charge in [0.25, 0.3) is 5.91 Å². The molecule has 0 unspecified atom stereocenters. The Kier molecular flexibility index (Phi) is 5.69. The van der Waals surface area contributed by atoms with Crippen molar-refractivity contribution in [2.24, 2.45) is 5.41 Å². The highest BCUT2D eigenvalue weighted by molar-refractivity contribution is 5.94. The second kappa shape index (κ2) is 8.37. The van der Waals surface area contributed by atoms with Gasteiger partial charge in [0.15, 0.2) is 0 Å². The third-order valence-electron chi connectivity index (χ3n) is 5.86. The summed E-state index contributed by atoms with van der Waals surface area (Å²) in [5.74, 6) is -0.664. The lowest BCUT2D eigenvalue weighted by Crippen LogP contribution is -2.48. The zero-order chi connectivity index (χ0) is 19.4. The minimum absolute atomic E-state index is 0.0464. The maximum absolute atomic E-state index is 14.0. The molecule has 1 aromatic carbocycles. The summed E-state index contributed by atoms with van der Waals surface area (Å²) >= 11 is 0. The summed E-state index contributed by atoms with van der Waals surface area (Å²) in [6.07, 6.45) is 5.44. The highest BCUT2D eigenvalue weighted by atomic mass is 19.1. The lowest BCUT2D eigenvalue weighted by Gasteiger charge is -2.42. The summed E-state index contributed by atoms with van der Waals surface area (Å²) in [6.45, 7) is 5.42. The number of hydrogen-bond donors (Lipinski definition) is 0. The van der Waals surface area contributed by atoms with E-state index in [0.717, 1.165) is 45.7 Å². The number of pyridine rings is 1. The van der Waals surface area contributed by atoms with Crippen LogP contribution in [0.25, 0.3) is 0 Å². The second-order valence-electron chi connectivity index (χ2n) is 7.90. The summed E-state index contributed by atoms with van der Waals surface area (Å²) < 4.78 is 19.9. The zero-order valence-electron chi connectivity index (χ0n) is 16.0. The number of halogens is 1. The van der Waals surface area contributed by atoms with E-state index in [1.165, 1.54) is 11.6 Å². The molecule has 2 aliphatic heterocycles. The van der Waals surface area contributed by atoms with Gasteiger partial charge in [-0.05, 0) is 36.6 Å². The number of carbonyl (C=O) groups is 1. The average molecular weight is 383 g/mol. The molecule has 6 heteroatoms.